The molecule has 1 aliphatic heterocycles. The molecular formula is C41H33BO2. The molecule has 0 amide bonds. The van der Waals surface area contributed by atoms with Crippen LogP contribution in [0.15, 0.2) is 127 Å². The first-order valence-electron chi connectivity index (χ1n) is 15.6. The SMILES string of the molecule is CC1(C)OB(c2cccc3c2C(c2ccccc2)(c2ccc4ccc5cccc6ccc2c4c56)c2ccccc2-3)OC1(C)C. The summed E-state index contributed by atoms with van der Waals surface area (Å²) in [5.41, 5.74) is 7.17. The topological polar surface area (TPSA) is 18.5 Å². The van der Waals surface area contributed by atoms with E-state index in [1.807, 2.05) is 0 Å². The van der Waals surface area contributed by atoms with Gasteiger partial charge in [-0.2, -0.15) is 0 Å². The molecule has 1 fully saturated rings. The molecule has 2 nitrogen and oxygen atoms in total. The first kappa shape index (κ1) is 26.0. The summed E-state index contributed by atoms with van der Waals surface area (Å²) in [6.07, 6.45) is 0. The van der Waals surface area contributed by atoms with Crippen LogP contribution in [-0.4, -0.2) is 18.3 Å². The molecule has 2 aliphatic rings. The summed E-state index contributed by atoms with van der Waals surface area (Å²) in [5, 5.41) is 7.75. The van der Waals surface area contributed by atoms with Gasteiger partial charge in [0, 0.05) is 0 Å². The maximum Gasteiger partial charge on any atom is 0.495 e. The van der Waals surface area contributed by atoms with Crippen molar-refractivity contribution in [2.75, 3.05) is 0 Å². The highest BCUT2D eigenvalue weighted by Crippen LogP contribution is 2.57. The van der Waals surface area contributed by atoms with Crippen LogP contribution in [0.25, 0.3) is 43.4 Å². The Labute approximate surface area is 258 Å². The van der Waals surface area contributed by atoms with Crippen molar-refractivity contribution in [3.63, 3.8) is 0 Å². The zero-order valence-corrected chi connectivity index (χ0v) is 25.5. The lowest BCUT2D eigenvalue weighted by Gasteiger charge is -2.36. The average molecular weight is 569 g/mol. The molecule has 0 saturated carbocycles. The van der Waals surface area contributed by atoms with Crippen molar-refractivity contribution < 1.29 is 9.31 Å². The van der Waals surface area contributed by atoms with E-state index >= 15 is 0 Å². The van der Waals surface area contributed by atoms with E-state index in [-0.39, 0.29) is 0 Å². The number of hydrogen-bond donors (Lipinski definition) is 0. The Hall–Kier alpha value is -4.44. The predicted molar refractivity (Wildman–Crippen MR) is 183 cm³/mol. The van der Waals surface area contributed by atoms with Crippen LogP contribution in [-0.2, 0) is 14.7 Å². The van der Waals surface area contributed by atoms with Crippen molar-refractivity contribution in [1.29, 1.82) is 0 Å². The van der Waals surface area contributed by atoms with Gasteiger partial charge < -0.3 is 9.31 Å². The van der Waals surface area contributed by atoms with E-state index in [0.29, 0.717) is 0 Å². The highest BCUT2D eigenvalue weighted by atomic mass is 16.7. The maximum atomic E-state index is 6.80. The first-order chi connectivity index (χ1) is 21.3. The van der Waals surface area contributed by atoms with Crippen LogP contribution in [0.4, 0.5) is 0 Å². The van der Waals surface area contributed by atoms with Gasteiger partial charge in [-0.25, -0.2) is 0 Å². The van der Waals surface area contributed by atoms with Gasteiger partial charge in [-0.3, -0.25) is 0 Å². The summed E-state index contributed by atoms with van der Waals surface area (Å²) >= 11 is 0. The Morgan fingerprint density at radius 1 is 0.477 bits per heavy atom. The molecule has 212 valence electrons. The lowest BCUT2D eigenvalue weighted by Crippen LogP contribution is -2.42. The fraction of sp³-hybridized carbons (Fsp3) is 0.171. The van der Waals surface area contributed by atoms with Gasteiger partial charge in [0.15, 0.2) is 0 Å². The van der Waals surface area contributed by atoms with Crippen molar-refractivity contribution in [3.8, 4) is 11.1 Å². The zero-order chi connectivity index (χ0) is 29.8. The average Bonchev–Trinajstić information content (AvgIpc) is 3.47. The normalized spacial score (nSPS) is 20.0. The molecule has 0 N–H and O–H groups in total. The van der Waals surface area contributed by atoms with Crippen LogP contribution < -0.4 is 5.46 Å². The Balaban J connectivity index is 1.46. The van der Waals surface area contributed by atoms with Crippen LogP contribution >= 0.6 is 0 Å². The molecule has 1 unspecified atom stereocenters. The summed E-state index contributed by atoms with van der Waals surface area (Å²) in [5.74, 6) is 0. The van der Waals surface area contributed by atoms with Gasteiger partial charge in [0.1, 0.15) is 0 Å². The standard InChI is InChI=1S/C41H33BO2/c1-39(2)40(3,4)44-42(43-39)35-19-11-17-31-30-16-8-9-18-33(30)41(38(31)35,29-14-6-5-7-15-29)34-25-23-28-21-20-26-12-10-13-27-22-24-32(34)37(28)36(26)27/h5-25H,1-4H3. The fourth-order valence-corrected chi connectivity index (χ4v) is 8.04. The molecular weight excluding hydrogens is 535 g/mol. The quantitative estimate of drug-likeness (QED) is 0.156. The van der Waals surface area contributed by atoms with Gasteiger partial charge in [0.2, 0.25) is 0 Å². The molecule has 0 spiro atoms. The second-order valence-electron chi connectivity index (χ2n) is 13.5. The number of rotatable bonds is 3. The van der Waals surface area contributed by atoms with E-state index in [9.17, 15) is 0 Å². The molecule has 7 aromatic carbocycles. The molecule has 1 saturated heterocycles. The largest absolute Gasteiger partial charge is 0.495 e. The summed E-state index contributed by atoms with van der Waals surface area (Å²) in [6, 6.07) is 47.2. The number of benzene rings is 7. The van der Waals surface area contributed by atoms with Gasteiger partial charge in [-0.1, -0.05) is 127 Å². The fourth-order valence-electron chi connectivity index (χ4n) is 8.04. The molecule has 0 radical (unpaired) electrons. The monoisotopic (exact) mass is 568 g/mol. The van der Waals surface area contributed by atoms with E-state index < -0.39 is 23.7 Å². The number of fused-ring (bicyclic) bond motifs is 3. The van der Waals surface area contributed by atoms with Crippen LogP contribution in [0.3, 0.4) is 0 Å². The van der Waals surface area contributed by atoms with Crippen molar-refractivity contribution in [2.45, 2.75) is 44.3 Å². The van der Waals surface area contributed by atoms with E-state index in [1.165, 1.54) is 65.7 Å². The second kappa shape index (κ2) is 8.82. The smallest absolute Gasteiger partial charge is 0.399 e. The molecule has 44 heavy (non-hydrogen) atoms. The lowest BCUT2D eigenvalue weighted by molar-refractivity contribution is 0.00578. The van der Waals surface area contributed by atoms with Crippen LogP contribution in [0.5, 0.6) is 0 Å². The second-order valence-corrected chi connectivity index (χ2v) is 13.5. The van der Waals surface area contributed by atoms with E-state index in [0.717, 1.165) is 5.46 Å². The summed E-state index contributed by atoms with van der Waals surface area (Å²) in [7, 11) is -0.493. The molecule has 1 heterocycles. The third-order valence-electron chi connectivity index (χ3n) is 10.7. The zero-order valence-electron chi connectivity index (χ0n) is 25.5. The lowest BCUT2D eigenvalue weighted by atomic mass is 9.61. The third kappa shape index (κ3) is 3.24. The van der Waals surface area contributed by atoms with Crippen molar-refractivity contribution in [1.82, 2.24) is 0 Å². The van der Waals surface area contributed by atoms with Gasteiger partial charge in [-0.15, -0.1) is 0 Å². The summed E-state index contributed by atoms with van der Waals surface area (Å²) in [4.78, 5) is 0. The molecule has 0 aromatic heterocycles. The predicted octanol–water partition coefficient (Wildman–Crippen LogP) is 9.25. The van der Waals surface area contributed by atoms with Crippen LogP contribution in [0.2, 0.25) is 0 Å². The van der Waals surface area contributed by atoms with Crippen molar-refractivity contribution in [2.24, 2.45) is 0 Å². The highest BCUT2D eigenvalue weighted by molar-refractivity contribution is 6.63. The Morgan fingerprint density at radius 2 is 1.07 bits per heavy atom. The maximum absolute atomic E-state index is 6.80. The van der Waals surface area contributed by atoms with Gasteiger partial charge >= 0.3 is 7.12 Å². The molecule has 1 aliphatic carbocycles. The van der Waals surface area contributed by atoms with E-state index in [2.05, 4.69) is 155 Å². The third-order valence-corrected chi connectivity index (χ3v) is 10.7. The first-order valence-corrected chi connectivity index (χ1v) is 15.6. The van der Waals surface area contributed by atoms with Crippen molar-refractivity contribution in [3.05, 3.63) is 150 Å². The molecule has 1 atom stereocenters. The highest BCUT2D eigenvalue weighted by Gasteiger charge is 2.56. The minimum Gasteiger partial charge on any atom is -0.399 e. The van der Waals surface area contributed by atoms with Gasteiger partial charge in [0.25, 0.3) is 0 Å². The minimum atomic E-state index is -0.588. The Kier molecular flexibility index (Phi) is 5.21. The minimum absolute atomic E-state index is 0.450. The summed E-state index contributed by atoms with van der Waals surface area (Å²) in [6.45, 7) is 8.54. The summed E-state index contributed by atoms with van der Waals surface area (Å²) < 4.78 is 13.6. The van der Waals surface area contributed by atoms with Crippen LogP contribution in [0.1, 0.15) is 49.9 Å². The molecule has 0 bridgehead atoms. The number of hydrogen-bond acceptors (Lipinski definition) is 2. The molecule has 3 heteroatoms. The van der Waals surface area contributed by atoms with E-state index in [4.69, 9.17) is 9.31 Å². The van der Waals surface area contributed by atoms with Gasteiger partial charge in [-0.05, 0) is 98.9 Å². The van der Waals surface area contributed by atoms with Crippen LogP contribution in [0, 0.1) is 0 Å². The molecule has 7 aromatic rings. The Morgan fingerprint density at radius 3 is 1.82 bits per heavy atom. The van der Waals surface area contributed by atoms with Gasteiger partial charge in [0.05, 0.1) is 16.6 Å². The van der Waals surface area contributed by atoms with Crippen molar-refractivity contribution >= 4 is 44.9 Å². The van der Waals surface area contributed by atoms with E-state index in [1.54, 1.807) is 0 Å². The Bertz CT molecular complexity index is 2220. The molecule has 9 rings (SSSR count).